The molecule has 1 aromatic carbocycles. The summed E-state index contributed by atoms with van der Waals surface area (Å²) >= 11 is 0. The molecule has 1 rings (SSSR count). The lowest BCUT2D eigenvalue weighted by molar-refractivity contribution is -0.114. The maximum absolute atomic E-state index is 13.1. The van der Waals surface area contributed by atoms with Crippen LogP contribution in [0.15, 0.2) is 18.2 Å². The Kier molecular flexibility index (Phi) is 3.22. The second-order valence-corrected chi connectivity index (χ2v) is 2.87. The predicted octanol–water partition coefficient (Wildman–Crippen LogP) is 1.27. The summed E-state index contributed by atoms with van der Waals surface area (Å²) in [4.78, 5) is 21.2. The van der Waals surface area contributed by atoms with Crippen molar-refractivity contribution in [1.82, 2.24) is 0 Å². The second kappa shape index (κ2) is 4.41. The van der Waals surface area contributed by atoms with Gasteiger partial charge in [0.25, 0.3) is 0 Å². The molecule has 5 nitrogen and oxygen atoms in total. The molecule has 80 valence electrons. The van der Waals surface area contributed by atoms with Crippen molar-refractivity contribution in [3.63, 3.8) is 0 Å². The highest BCUT2D eigenvalue weighted by atomic mass is 19.1. The van der Waals surface area contributed by atoms with E-state index in [2.05, 4.69) is 10.6 Å². The number of primary amides is 1. The fourth-order valence-electron chi connectivity index (χ4n) is 1.03. The molecular weight excluding hydrogens is 201 g/mol. The second-order valence-electron chi connectivity index (χ2n) is 2.87. The summed E-state index contributed by atoms with van der Waals surface area (Å²) in [7, 11) is 0. The van der Waals surface area contributed by atoms with Crippen molar-refractivity contribution >= 4 is 23.3 Å². The van der Waals surface area contributed by atoms with Crippen LogP contribution in [0, 0.1) is 5.82 Å². The predicted molar refractivity (Wildman–Crippen MR) is 53.9 cm³/mol. The summed E-state index contributed by atoms with van der Waals surface area (Å²) in [5.74, 6) is -0.981. The van der Waals surface area contributed by atoms with E-state index in [1.165, 1.54) is 19.1 Å². The van der Waals surface area contributed by atoms with Crippen molar-refractivity contribution in [2.45, 2.75) is 6.92 Å². The lowest BCUT2D eigenvalue weighted by atomic mass is 10.2. The Labute approximate surface area is 85.5 Å². The molecule has 0 unspecified atom stereocenters. The molecule has 0 heterocycles. The van der Waals surface area contributed by atoms with Gasteiger partial charge in [-0.1, -0.05) is 0 Å². The summed E-state index contributed by atoms with van der Waals surface area (Å²) in [6, 6.07) is 2.99. The van der Waals surface area contributed by atoms with E-state index in [4.69, 9.17) is 5.73 Å². The van der Waals surface area contributed by atoms with Crippen LogP contribution in [0.2, 0.25) is 0 Å². The monoisotopic (exact) mass is 211 g/mol. The van der Waals surface area contributed by atoms with Gasteiger partial charge < -0.3 is 16.4 Å². The number of amides is 3. The molecule has 0 atom stereocenters. The summed E-state index contributed by atoms with van der Waals surface area (Å²) in [5.41, 5.74) is 5.19. The molecular formula is C9H10FN3O2. The van der Waals surface area contributed by atoms with Crippen LogP contribution in [0.3, 0.4) is 0 Å². The molecule has 1 aromatic rings. The SMILES string of the molecule is CC(=O)Nc1cc(NC(N)=O)ccc1F. The molecule has 0 aliphatic carbocycles. The van der Waals surface area contributed by atoms with Gasteiger partial charge in [-0.15, -0.1) is 0 Å². The van der Waals surface area contributed by atoms with Crippen LogP contribution in [0.1, 0.15) is 6.92 Å². The molecule has 0 fully saturated rings. The van der Waals surface area contributed by atoms with Gasteiger partial charge >= 0.3 is 6.03 Å². The Morgan fingerprint density at radius 2 is 2.00 bits per heavy atom. The Morgan fingerprint density at radius 1 is 1.33 bits per heavy atom. The summed E-state index contributed by atoms with van der Waals surface area (Å²) in [6.45, 7) is 1.26. The summed E-state index contributed by atoms with van der Waals surface area (Å²) in [5, 5.41) is 4.55. The van der Waals surface area contributed by atoms with Gasteiger partial charge in [0, 0.05) is 12.6 Å². The lowest BCUT2D eigenvalue weighted by Gasteiger charge is -2.06. The normalized spacial score (nSPS) is 9.47. The number of nitrogens with two attached hydrogens (primary N) is 1. The zero-order chi connectivity index (χ0) is 11.4. The van der Waals surface area contributed by atoms with Gasteiger partial charge in [0.05, 0.1) is 5.69 Å². The average molecular weight is 211 g/mol. The third-order valence-corrected chi connectivity index (χ3v) is 1.54. The number of anilines is 2. The number of carbonyl (C=O) groups is 2. The number of hydrogen-bond acceptors (Lipinski definition) is 2. The molecule has 0 bridgehead atoms. The van der Waals surface area contributed by atoms with E-state index in [9.17, 15) is 14.0 Å². The van der Waals surface area contributed by atoms with Crippen LogP contribution in [-0.2, 0) is 4.79 Å². The van der Waals surface area contributed by atoms with Gasteiger partial charge in [-0.05, 0) is 18.2 Å². The van der Waals surface area contributed by atoms with E-state index in [0.717, 1.165) is 6.07 Å². The van der Waals surface area contributed by atoms with Crippen LogP contribution in [-0.4, -0.2) is 11.9 Å². The number of carbonyl (C=O) groups excluding carboxylic acids is 2. The molecule has 0 radical (unpaired) electrons. The van der Waals surface area contributed by atoms with Crippen molar-refractivity contribution in [3.05, 3.63) is 24.0 Å². The molecule has 6 heteroatoms. The largest absolute Gasteiger partial charge is 0.351 e. The van der Waals surface area contributed by atoms with E-state index in [1.54, 1.807) is 0 Å². The first-order chi connectivity index (χ1) is 6.99. The first-order valence-electron chi connectivity index (χ1n) is 4.12. The zero-order valence-electron chi connectivity index (χ0n) is 8.00. The third-order valence-electron chi connectivity index (χ3n) is 1.54. The van der Waals surface area contributed by atoms with Crippen LogP contribution >= 0.6 is 0 Å². The highest BCUT2D eigenvalue weighted by Gasteiger charge is 2.05. The number of hydrogen-bond donors (Lipinski definition) is 3. The summed E-state index contributed by atoms with van der Waals surface area (Å²) in [6.07, 6.45) is 0. The molecule has 0 saturated carbocycles. The molecule has 0 saturated heterocycles. The van der Waals surface area contributed by atoms with Crippen molar-refractivity contribution in [3.8, 4) is 0 Å². The molecule has 0 aliphatic rings. The van der Waals surface area contributed by atoms with Crippen LogP contribution < -0.4 is 16.4 Å². The maximum atomic E-state index is 13.1. The Hall–Kier alpha value is -2.11. The minimum atomic E-state index is -0.754. The minimum absolute atomic E-state index is 0.00579. The van der Waals surface area contributed by atoms with Gasteiger partial charge in [0.15, 0.2) is 0 Å². The topological polar surface area (TPSA) is 84.2 Å². The quantitative estimate of drug-likeness (QED) is 0.688. The van der Waals surface area contributed by atoms with Gasteiger partial charge in [-0.25, -0.2) is 9.18 Å². The molecule has 3 amide bonds. The maximum Gasteiger partial charge on any atom is 0.316 e. The first-order valence-corrected chi connectivity index (χ1v) is 4.12. The number of nitrogens with one attached hydrogen (secondary N) is 2. The number of urea groups is 1. The number of rotatable bonds is 2. The van der Waals surface area contributed by atoms with Gasteiger partial charge in [0.2, 0.25) is 5.91 Å². The molecule has 0 spiro atoms. The van der Waals surface area contributed by atoms with E-state index in [0.29, 0.717) is 5.69 Å². The van der Waals surface area contributed by atoms with Gasteiger partial charge in [-0.3, -0.25) is 4.79 Å². The highest BCUT2D eigenvalue weighted by molar-refractivity contribution is 5.92. The Bertz CT molecular complexity index is 406. The van der Waals surface area contributed by atoms with Crippen molar-refractivity contribution in [2.75, 3.05) is 10.6 Å². The standard InChI is InChI=1S/C9H10FN3O2/c1-5(14)12-8-4-6(13-9(11)15)2-3-7(8)10/h2-4H,1H3,(H,12,14)(H3,11,13,15). The fraction of sp³-hybridized carbons (Fsp3) is 0.111. The zero-order valence-corrected chi connectivity index (χ0v) is 8.00. The summed E-state index contributed by atoms with van der Waals surface area (Å²) < 4.78 is 13.1. The van der Waals surface area contributed by atoms with Crippen molar-refractivity contribution in [2.24, 2.45) is 5.73 Å². The van der Waals surface area contributed by atoms with Crippen molar-refractivity contribution < 1.29 is 14.0 Å². The van der Waals surface area contributed by atoms with E-state index in [1.807, 2.05) is 0 Å². The third kappa shape index (κ3) is 3.26. The lowest BCUT2D eigenvalue weighted by Crippen LogP contribution is -2.19. The molecule has 0 aliphatic heterocycles. The van der Waals surface area contributed by atoms with E-state index in [-0.39, 0.29) is 5.69 Å². The molecule has 0 aromatic heterocycles. The fourth-order valence-corrected chi connectivity index (χ4v) is 1.03. The minimum Gasteiger partial charge on any atom is -0.351 e. The Balaban J connectivity index is 2.94. The Morgan fingerprint density at radius 3 is 2.53 bits per heavy atom. The van der Waals surface area contributed by atoms with E-state index < -0.39 is 17.8 Å². The van der Waals surface area contributed by atoms with Crippen LogP contribution in [0.4, 0.5) is 20.6 Å². The first kappa shape index (κ1) is 11.0. The van der Waals surface area contributed by atoms with Gasteiger partial charge in [-0.2, -0.15) is 0 Å². The average Bonchev–Trinajstić information content (AvgIpc) is 2.09. The van der Waals surface area contributed by atoms with E-state index >= 15 is 0 Å². The van der Waals surface area contributed by atoms with Crippen molar-refractivity contribution in [1.29, 1.82) is 0 Å². The highest BCUT2D eigenvalue weighted by Crippen LogP contribution is 2.19. The molecule has 15 heavy (non-hydrogen) atoms. The van der Waals surface area contributed by atoms with Gasteiger partial charge in [0.1, 0.15) is 5.82 Å². The van der Waals surface area contributed by atoms with Crippen LogP contribution in [0.5, 0.6) is 0 Å². The van der Waals surface area contributed by atoms with Crippen LogP contribution in [0.25, 0.3) is 0 Å². The number of halogens is 1. The molecule has 4 N–H and O–H groups in total. The number of benzene rings is 1. The smallest absolute Gasteiger partial charge is 0.316 e.